The number of hydrogen-bond acceptors (Lipinski definition) is 4. The largest absolute Gasteiger partial charge is 0.449 e. The first-order valence-electron chi connectivity index (χ1n) is 11.9. The van der Waals surface area contributed by atoms with Crippen LogP contribution in [0.2, 0.25) is 0 Å². The number of nitrogens with one attached hydrogen (secondary N) is 1. The molecular formula is C24H32F3N3O4. The minimum absolute atomic E-state index is 0.0797. The highest BCUT2D eigenvalue weighted by Crippen LogP contribution is 2.29. The number of carbonyl (C=O) groups excluding carboxylic acids is 3. The van der Waals surface area contributed by atoms with Crippen molar-refractivity contribution in [3.05, 3.63) is 35.4 Å². The zero-order chi connectivity index (χ0) is 24.7. The summed E-state index contributed by atoms with van der Waals surface area (Å²) in [5, 5.41) is 2.74. The Kier molecular flexibility index (Phi) is 8.79. The molecule has 0 aromatic heterocycles. The van der Waals surface area contributed by atoms with Gasteiger partial charge in [-0.1, -0.05) is 25.5 Å². The van der Waals surface area contributed by atoms with Gasteiger partial charge in [0.05, 0.1) is 18.1 Å². The molecule has 188 valence electrons. The van der Waals surface area contributed by atoms with Gasteiger partial charge in [0, 0.05) is 26.2 Å². The number of hydrogen-bond donors (Lipinski definition) is 1. The van der Waals surface area contributed by atoms with Crippen LogP contribution in [0.25, 0.3) is 0 Å². The van der Waals surface area contributed by atoms with Crippen molar-refractivity contribution in [2.24, 2.45) is 5.92 Å². The number of ether oxygens (including phenoxy) is 1. The lowest BCUT2D eigenvalue weighted by Gasteiger charge is -2.34. The van der Waals surface area contributed by atoms with Crippen molar-refractivity contribution in [2.45, 2.75) is 64.2 Å². The lowest BCUT2D eigenvalue weighted by atomic mass is 9.96. The highest BCUT2D eigenvalue weighted by Gasteiger charge is 2.39. The number of piperidine rings is 1. The SMILES string of the molecule is CCCCOC(=O)N1CCC[C@H](C(=O)N2CCC[C@@H]2C(=O)NCc2ccc(C(F)(F)F)cc2)C1. The summed E-state index contributed by atoms with van der Waals surface area (Å²) in [7, 11) is 0. The summed E-state index contributed by atoms with van der Waals surface area (Å²) in [5.41, 5.74) is -0.201. The Labute approximate surface area is 197 Å². The molecule has 7 nitrogen and oxygen atoms in total. The van der Waals surface area contributed by atoms with Gasteiger partial charge in [-0.25, -0.2) is 4.79 Å². The van der Waals surface area contributed by atoms with Gasteiger partial charge in [0.2, 0.25) is 11.8 Å². The van der Waals surface area contributed by atoms with E-state index in [1.54, 1.807) is 9.80 Å². The fourth-order valence-electron chi connectivity index (χ4n) is 4.40. The zero-order valence-electron chi connectivity index (χ0n) is 19.4. The van der Waals surface area contributed by atoms with Crippen molar-refractivity contribution in [1.82, 2.24) is 15.1 Å². The molecular weight excluding hydrogens is 451 g/mol. The second kappa shape index (κ2) is 11.6. The Morgan fingerprint density at radius 2 is 1.79 bits per heavy atom. The maximum Gasteiger partial charge on any atom is 0.416 e. The molecule has 1 N–H and O–H groups in total. The van der Waals surface area contributed by atoms with Crippen LogP contribution in [0.3, 0.4) is 0 Å². The highest BCUT2D eigenvalue weighted by molar-refractivity contribution is 5.89. The number of alkyl halides is 3. The van der Waals surface area contributed by atoms with Gasteiger partial charge in [0.25, 0.3) is 0 Å². The first-order chi connectivity index (χ1) is 16.2. The van der Waals surface area contributed by atoms with Gasteiger partial charge in [-0.05, 0) is 49.8 Å². The Bertz CT molecular complexity index is 860. The van der Waals surface area contributed by atoms with Crippen LogP contribution in [-0.4, -0.2) is 60.0 Å². The Morgan fingerprint density at radius 1 is 1.09 bits per heavy atom. The molecule has 1 aromatic carbocycles. The number of rotatable bonds is 7. The van der Waals surface area contributed by atoms with Crippen LogP contribution in [0.1, 0.15) is 56.6 Å². The second-order valence-electron chi connectivity index (χ2n) is 8.86. The first-order valence-corrected chi connectivity index (χ1v) is 11.9. The van der Waals surface area contributed by atoms with Gasteiger partial charge >= 0.3 is 12.3 Å². The van der Waals surface area contributed by atoms with Crippen LogP contribution in [-0.2, 0) is 27.0 Å². The van der Waals surface area contributed by atoms with Gasteiger partial charge in [-0.3, -0.25) is 9.59 Å². The van der Waals surface area contributed by atoms with E-state index >= 15 is 0 Å². The molecule has 0 saturated carbocycles. The maximum atomic E-state index is 13.2. The summed E-state index contributed by atoms with van der Waals surface area (Å²) >= 11 is 0. The maximum absolute atomic E-state index is 13.2. The number of benzene rings is 1. The minimum Gasteiger partial charge on any atom is -0.449 e. The van der Waals surface area contributed by atoms with Crippen molar-refractivity contribution in [3.63, 3.8) is 0 Å². The molecule has 2 fully saturated rings. The molecule has 0 unspecified atom stereocenters. The van der Waals surface area contributed by atoms with Gasteiger partial charge in [-0.15, -0.1) is 0 Å². The fourth-order valence-corrected chi connectivity index (χ4v) is 4.40. The number of likely N-dealkylation sites (tertiary alicyclic amines) is 2. The van der Waals surface area contributed by atoms with Crippen LogP contribution >= 0.6 is 0 Å². The summed E-state index contributed by atoms with van der Waals surface area (Å²) in [6.07, 6.45) is -0.540. The number of halogens is 3. The van der Waals surface area contributed by atoms with Crippen LogP contribution in [0.5, 0.6) is 0 Å². The molecule has 34 heavy (non-hydrogen) atoms. The lowest BCUT2D eigenvalue weighted by molar-refractivity contribution is -0.142. The highest BCUT2D eigenvalue weighted by atomic mass is 19.4. The summed E-state index contributed by atoms with van der Waals surface area (Å²) < 4.78 is 43.4. The van der Waals surface area contributed by atoms with E-state index in [-0.39, 0.29) is 30.8 Å². The van der Waals surface area contributed by atoms with E-state index in [0.29, 0.717) is 50.9 Å². The molecule has 0 aliphatic carbocycles. The molecule has 2 atom stereocenters. The third kappa shape index (κ3) is 6.64. The van der Waals surface area contributed by atoms with Crippen LogP contribution in [0.15, 0.2) is 24.3 Å². The van der Waals surface area contributed by atoms with E-state index in [9.17, 15) is 27.6 Å². The molecule has 0 radical (unpaired) electrons. The van der Waals surface area contributed by atoms with Crippen LogP contribution < -0.4 is 5.32 Å². The predicted molar refractivity (Wildman–Crippen MR) is 119 cm³/mol. The first kappa shape index (κ1) is 25.8. The van der Waals surface area contributed by atoms with Crippen molar-refractivity contribution in [2.75, 3.05) is 26.2 Å². The summed E-state index contributed by atoms with van der Waals surface area (Å²) in [6, 6.07) is 4.01. The Hall–Kier alpha value is -2.78. The zero-order valence-corrected chi connectivity index (χ0v) is 19.4. The minimum atomic E-state index is -4.41. The van der Waals surface area contributed by atoms with E-state index in [2.05, 4.69) is 5.32 Å². The van der Waals surface area contributed by atoms with E-state index in [1.165, 1.54) is 12.1 Å². The molecule has 2 aliphatic heterocycles. The van der Waals surface area contributed by atoms with Crippen LogP contribution in [0, 0.1) is 5.92 Å². The number of carbonyl (C=O) groups is 3. The quantitative estimate of drug-likeness (QED) is 0.596. The van der Waals surface area contributed by atoms with Crippen molar-refractivity contribution >= 4 is 17.9 Å². The van der Waals surface area contributed by atoms with E-state index in [0.717, 1.165) is 25.0 Å². The normalized spacial score (nSPS) is 20.8. The molecule has 1 aromatic rings. The molecule has 2 saturated heterocycles. The molecule has 2 heterocycles. The third-order valence-corrected chi connectivity index (χ3v) is 6.34. The van der Waals surface area contributed by atoms with Crippen molar-refractivity contribution in [1.29, 1.82) is 0 Å². The summed E-state index contributed by atoms with van der Waals surface area (Å²) in [6.45, 7) is 3.74. The Balaban J connectivity index is 1.54. The lowest BCUT2D eigenvalue weighted by Crippen LogP contribution is -2.51. The van der Waals surface area contributed by atoms with Gasteiger partial charge in [-0.2, -0.15) is 13.2 Å². The van der Waals surface area contributed by atoms with E-state index in [4.69, 9.17) is 4.74 Å². The molecule has 3 amide bonds. The number of unbranched alkanes of at least 4 members (excludes halogenated alkanes) is 1. The predicted octanol–water partition coefficient (Wildman–Crippen LogP) is 3.96. The number of amides is 3. The molecule has 0 spiro atoms. The van der Waals surface area contributed by atoms with Crippen molar-refractivity contribution in [3.8, 4) is 0 Å². The van der Waals surface area contributed by atoms with E-state index < -0.39 is 23.9 Å². The third-order valence-electron chi connectivity index (χ3n) is 6.34. The number of nitrogens with zero attached hydrogens (tertiary/aromatic N) is 2. The van der Waals surface area contributed by atoms with Gasteiger partial charge < -0.3 is 19.9 Å². The smallest absolute Gasteiger partial charge is 0.416 e. The average Bonchev–Trinajstić information content (AvgIpc) is 3.32. The summed E-state index contributed by atoms with van der Waals surface area (Å²) in [5.74, 6) is -0.841. The topological polar surface area (TPSA) is 79.0 Å². The monoisotopic (exact) mass is 483 g/mol. The Morgan fingerprint density at radius 3 is 2.47 bits per heavy atom. The molecule has 0 bridgehead atoms. The molecule has 3 rings (SSSR count). The van der Waals surface area contributed by atoms with E-state index in [1.807, 2.05) is 6.92 Å². The van der Waals surface area contributed by atoms with Gasteiger partial charge in [0.1, 0.15) is 6.04 Å². The van der Waals surface area contributed by atoms with Crippen LogP contribution in [0.4, 0.5) is 18.0 Å². The summed E-state index contributed by atoms with van der Waals surface area (Å²) in [4.78, 5) is 41.4. The standard InChI is InChI=1S/C24H32F3N3O4/c1-2-3-14-34-23(33)29-12-4-6-18(16-29)22(32)30-13-5-7-20(30)21(31)28-15-17-8-10-19(11-9-17)24(25,26)27/h8-11,18,20H,2-7,12-16H2,1H3,(H,28,31)/t18-,20+/m0/s1. The average molecular weight is 484 g/mol. The molecule has 10 heteroatoms. The fraction of sp³-hybridized carbons (Fsp3) is 0.625. The van der Waals surface area contributed by atoms with Gasteiger partial charge in [0.15, 0.2) is 0 Å². The second-order valence-corrected chi connectivity index (χ2v) is 8.86. The van der Waals surface area contributed by atoms with Crippen molar-refractivity contribution < 1.29 is 32.3 Å². The molecule has 2 aliphatic rings.